The molecule has 1 N–H and O–H groups in total. The Morgan fingerprint density at radius 3 is 2.68 bits per heavy atom. The Labute approximate surface area is 116 Å². The Balaban J connectivity index is 1.75. The quantitative estimate of drug-likeness (QED) is 0.828. The van der Waals surface area contributed by atoms with Gasteiger partial charge in [0.05, 0.1) is 0 Å². The van der Waals surface area contributed by atoms with E-state index in [0.717, 1.165) is 19.0 Å². The molecular weight excluding hydrogens is 236 g/mol. The van der Waals surface area contributed by atoms with Crippen molar-refractivity contribution in [1.29, 1.82) is 0 Å². The zero-order valence-electron chi connectivity index (χ0n) is 12.0. The normalized spacial score (nSPS) is 19.0. The minimum atomic E-state index is 0.0893. The van der Waals surface area contributed by atoms with Crippen molar-refractivity contribution < 1.29 is 0 Å². The molecular formula is C16H26N2O. The van der Waals surface area contributed by atoms with Crippen LogP contribution in [0.4, 0.5) is 0 Å². The third kappa shape index (κ3) is 4.50. The van der Waals surface area contributed by atoms with Crippen LogP contribution in [0.1, 0.15) is 45.4 Å². The van der Waals surface area contributed by atoms with Gasteiger partial charge in [-0.2, -0.15) is 0 Å². The van der Waals surface area contributed by atoms with E-state index in [2.05, 4.69) is 12.2 Å². The van der Waals surface area contributed by atoms with Crippen LogP contribution < -0.4 is 10.9 Å². The molecule has 1 aliphatic carbocycles. The van der Waals surface area contributed by atoms with E-state index >= 15 is 0 Å². The highest BCUT2D eigenvalue weighted by molar-refractivity contribution is 4.93. The van der Waals surface area contributed by atoms with Crippen LogP contribution in [0.25, 0.3) is 0 Å². The average Bonchev–Trinajstić information content (AvgIpc) is 2.70. The van der Waals surface area contributed by atoms with Crippen LogP contribution in [0.2, 0.25) is 0 Å². The van der Waals surface area contributed by atoms with Gasteiger partial charge in [-0.15, -0.1) is 0 Å². The van der Waals surface area contributed by atoms with Crippen LogP contribution in [0.3, 0.4) is 0 Å². The molecule has 1 saturated carbocycles. The van der Waals surface area contributed by atoms with Crippen LogP contribution in [0.15, 0.2) is 29.2 Å². The van der Waals surface area contributed by atoms with Crippen molar-refractivity contribution in [2.24, 2.45) is 5.92 Å². The van der Waals surface area contributed by atoms with Crippen molar-refractivity contribution in [3.8, 4) is 0 Å². The highest BCUT2D eigenvalue weighted by Gasteiger charge is 2.18. The molecule has 0 unspecified atom stereocenters. The van der Waals surface area contributed by atoms with Crippen molar-refractivity contribution in [2.75, 3.05) is 6.54 Å². The van der Waals surface area contributed by atoms with E-state index in [9.17, 15) is 4.79 Å². The van der Waals surface area contributed by atoms with Crippen LogP contribution in [0, 0.1) is 5.92 Å². The third-order valence-corrected chi connectivity index (χ3v) is 4.32. The first kappa shape index (κ1) is 14.3. The Bertz CT molecular complexity index is 419. The number of nitrogens with one attached hydrogen (secondary N) is 1. The molecule has 0 bridgehead atoms. The number of pyridine rings is 1. The second-order valence-corrected chi connectivity index (χ2v) is 5.73. The Hall–Kier alpha value is -1.09. The van der Waals surface area contributed by atoms with Gasteiger partial charge in [0.2, 0.25) is 0 Å². The molecule has 0 aliphatic heterocycles. The molecule has 1 aromatic heterocycles. The van der Waals surface area contributed by atoms with Gasteiger partial charge < -0.3 is 9.88 Å². The molecule has 2 rings (SSSR count). The molecule has 106 valence electrons. The summed E-state index contributed by atoms with van der Waals surface area (Å²) in [5.74, 6) is 0.815. The summed E-state index contributed by atoms with van der Waals surface area (Å²) in [6.45, 7) is 3.93. The smallest absolute Gasteiger partial charge is 0.250 e. The number of hydrogen-bond donors (Lipinski definition) is 1. The molecule has 1 aromatic rings. The summed E-state index contributed by atoms with van der Waals surface area (Å²) in [5.41, 5.74) is 0.0893. The first-order chi connectivity index (χ1) is 9.27. The molecule has 3 nitrogen and oxygen atoms in total. The molecule has 0 amide bonds. The van der Waals surface area contributed by atoms with Crippen LogP contribution in [0.5, 0.6) is 0 Å². The predicted octanol–water partition coefficient (Wildman–Crippen LogP) is 2.80. The lowest BCUT2D eigenvalue weighted by molar-refractivity contribution is 0.333. The van der Waals surface area contributed by atoms with Gasteiger partial charge in [-0.05, 0) is 31.7 Å². The van der Waals surface area contributed by atoms with E-state index in [4.69, 9.17) is 0 Å². The fourth-order valence-electron chi connectivity index (χ4n) is 3.04. The Morgan fingerprint density at radius 2 is 2.00 bits per heavy atom. The highest BCUT2D eigenvalue weighted by atomic mass is 16.1. The zero-order chi connectivity index (χ0) is 13.5. The van der Waals surface area contributed by atoms with Crippen LogP contribution in [-0.2, 0) is 6.54 Å². The average molecular weight is 262 g/mol. The topological polar surface area (TPSA) is 34.0 Å². The predicted molar refractivity (Wildman–Crippen MR) is 79.4 cm³/mol. The summed E-state index contributed by atoms with van der Waals surface area (Å²) < 4.78 is 1.77. The Morgan fingerprint density at radius 1 is 1.26 bits per heavy atom. The van der Waals surface area contributed by atoms with Gasteiger partial charge in [-0.25, -0.2) is 0 Å². The maximum Gasteiger partial charge on any atom is 0.250 e. The lowest BCUT2D eigenvalue weighted by Gasteiger charge is -2.23. The summed E-state index contributed by atoms with van der Waals surface area (Å²) >= 11 is 0. The van der Waals surface area contributed by atoms with Crippen LogP contribution in [-0.4, -0.2) is 17.2 Å². The molecule has 0 aromatic carbocycles. The van der Waals surface area contributed by atoms with Crippen molar-refractivity contribution in [3.63, 3.8) is 0 Å². The van der Waals surface area contributed by atoms with Crippen molar-refractivity contribution in [3.05, 3.63) is 34.7 Å². The number of hydrogen-bond acceptors (Lipinski definition) is 2. The van der Waals surface area contributed by atoms with E-state index in [1.54, 1.807) is 16.7 Å². The van der Waals surface area contributed by atoms with Gasteiger partial charge in [0, 0.05) is 31.4 Å². The molecule has 0 spiro atoms. The maximum atomic E-state index is 11.6. The minimum Gasteiger partial charge on any atom is -0.314 e. The first-order valence-electron chi connectivity index (χ1n) is 7.66. The Kier molecular flexibility index (Phi) is 5.64. The molecule has 0 radical (unpaired) electrons. The van der Waals surface area contributed by atoms with Crippen molar-refractivity contribution >= 4 is 0 Å². The summed E-state index contributed by atoms with van der Waals surface area (Å²) in [4.78, 5) is 11.6. The highest BCUT2D eigenvalue weighted by Crippen LogP contribution is 2.25. The molecule has 1 atom stereocenters. The SMILES string of the molecule is C[C@@H](NCCn1ccccc1=O)C1CCCCCC1. The largest absolute Gasteiger partial charge is 0.314 e. The van der Waals surface area contributed by atoms with Gasteiger partial charge in [0.1, 0.15) is 0 Å². The fourth-order valence-corrected chi connectivity index (χ4v) is 3.04. The van der Waals surface area contributed by atoms with Crippen LogP contribution >= 0.6 is 0 Å². The first-order valence-corrected chi connectivity index (χ1v) is 7.66. The van der Waals surface area contributed by atoms with Gasteiger partial charge in [0.25, 0.3) is 5.56 Å². The molecule has 1 heterocycles. The summed E-state index contributed by atoms with van der Waals surface area (Å²) in [6, 6.07) is 5.89. The molecule has 1 fully saturated rings. The number of aromatic nitrogens is 1. The molecule has 19 heavy (non-hydrogen) atoms. The van der Waals surface area contributed by atoms with Gasteiger partial charge in [-0.3, -0.25) is 4.79 Å². The minimum absolute atomic E-state index is 0.0893. The standard InChI is InChI=1S/C16H26N2O/c1-14(15-8-4-2-3-5-9-15)17-11-13-18-12-7-6-10-16(18)19/h6-7,10,12,14-15,17H,2-5,8-9,11,13H2,1H3/t14-/m1/s1. The summed E-state index contributed by atoms with van der Waals surface area (Å²) in [7, 11) is 0. The van der Waals surface area contributed by atoms with E-state index in [1.807, 2.05) is 12.3 Å². The zero-order valence-corrected chi connectivity index (χ0v) is 12.0. The van der Waals surface area contributed by atoms with E-state index in [1.165, 1.54) is 38.5 Å². The number of rotatable bonds is 5. The van der Waals surface area contributed by atoms with Crippen molar-refractivity contribution in [2.45, 2.75) is 58.0 Å². The van der Waals surface area contributed by atoms with E-state index in [-0.39, 0.29) is 5.56 Å². The molecule has 1 aliphatic rings. The van der Waals surface area contributed by atoms with Crippen molar-refractivity contribution in [1.82, 2.24) is 9.88 Å². The monoisotopic (exact) mass is 262 g/mol. The third-order valence-electron chi connectivity index (χ3n) is 4.32. The summed E-state index contributed by atoms with van der Waals surface area (Å²) in [6.07, 6.45) is 10.2. The van der Waals surface area contributed by atoms with Gasteiger partial charge >= 0.3 is 0 Å². The number of nitrogens with zero attached hydrogens (tertiary/aromatic N) is 1. The lowest BCUT2D eigenvalue weighted by Crippen LogP contribution is -2.36. The molecule has 0 saturated heterocycles. The van der Waals surface area contributed by atoms with Gasteiger partial charge in [0.15, 0.2) is 0 Å². The molecule has 3 heteroatoms. The van der Waals surface area contributed by atoms with E-state index < -0.39 is 0 Å². The van der Waals surface area contributed by atoms with E-state index in [0.29, 0.717) is 6.04 Å². The second-order valence-electron chi connectivity index (χ2n) is 5.73. The van der Waals surface area contributed by atoms with Gasteiger partial charge in [-0.1, -0.05) is 31.7 Å². The fraction of sp³-hybridized carbons (Fsp3) is 0.688. The summed E-state index contributed by atoms with van der Waals surface area (Å²) in [5, 5.41) is 3.60. The maximum absolute atomic E-state index is 11.6. The lowest BCUT2D eigenvalue weighted by atomic mass is 9.93. The second kappa shape index (κ2) is 7.49.